The van der Waals surface area contributed by atoms with Gasteiger partial charge < -0.3 is 4.90 Å². The molecule has 0 aliphatic heterocycles. The Labute approximate surface area is 265 Å². The summed E-state index contributed by atoms with van der Waals surface area (Å²) in [5.74, 6) is 0.832. The van der Waals surface area contributed by atoms with Crippen molar-refractivity contribution in [2.45, 2.75) is 0 Å². The molecule has 9 rings (SSSR count). The van der Waals surface area contributed by atoms with Crippen LogP contribution in [0.2, 0.25) is 0 Å². The van der Waals surface area contributed by atoms with E-state index in [2.05, 4.69) is 136 Å². The Balaban J connectivity index is 1.25. The van der Waals surface area contributed by atoms with Gasteiger partial charge in [0.05, 0.1) is 22.6 Å². The zero-order valence-corrected chi connectivity index (χ0v) is 24.8. The number of pyridine rings is 2. The van der Waals surface area contributed by atoms with Gasteiger partial charge in [0.15, 0.2) is 5.65 Å². The van der Waals surface area contributed by atoms with Crippen LogP contribution in [0.5, 0.6) is 0 Å². The monoisotopic (exact) mass is 589 g/mol. The van der Waals surface area contributed by atoms with Gasteiger partial charge >= 0.3 is 0 Å². The molecule has 9 aromatic rings. The molecule has 0 amide bonds. The van der Waals surface area contributed by atoms with Gasteiger partial charge in [-0.25, -0.2) is 9.97 Å². The number of anilines is 3. The molecule has 0 N–H and O–H groups in total. The molecule has 0 saturated heterocycles. The van der Waals surface area contributed by atoms with Crippen molar-refractivity contribution in [2.24, 2.45) is 0 Å². The van der Waals surface area contributed by atoms with Crippen LogP contribution in [0.25, 0.3) is 60.7 Å². The van der Waals surface area contributed by atoms with E-state index in [-0.39, 0.29) is 0 Å². The van der Waals surface area contributed by atoms with Crippen molar-refractivity contribution in [3.05, 3.63) is 164 Å². The summed E-state index contributed by atoms with van der Waals surface area (Å²) in [6.45, 7) is 0. The first-order valence-electron chi connectivity index (χ1n) is 15.4. The van der Waals surface area contributed by atoms with Crippen LogP contribution in [0.4, 0.5) is 17.1 Å². The number of hydrogen-bond acceptors (Lipinski definition) is 4. The molecule has 5 nitrogen and oxygen atoms in total. The molecule has 6 aromatic carbocycles. The second kappa shape index (κ2) is 10.7. The average Bonchev–Trinajstić information content (AvgIpc) is 3.51. The van der Waals surface area contributed by atoms with Crippen LogP contribution in [-0.4, -0.2) is 19.5 Å². The van der Waals surface area contributed by atoms with E-state index in [1.165, 1.54) is 21.5 Å². The normalized spacial score (nSPS) is 11.5. The van der Waals surface area contributed by atoms with Gasteiger partial charge in [-0.3, -0.25) is 9.55 Å². The minimum Gasteiger partial charge on any atom is -0.309 e. The number of fused-ring (bicyclic) bond motifs is 4. The molecule has 0 spiro atoms. The van der Waals surface area contributed by atoms with E-state index in [4.69, 9.17) is 9.97 Å². The van der Waals surface area contributed by atoms with Gasteiger partial charge in [-0.05, 0) is 83.6 Å². The van der Waals surface area contributed by atoms with Gasteiger partial charge in [-0.2, -0.15) is 0 Å². The van der Waals surface area contributed by atoms with E-state index >= 15 is 0 Å². The fourth-order valence-corrected chi connectivity index (χ4v) is 6.59. The van der Waals surface area contributed by atoms with Crippen LogP contribution in [0.3, 0.4) is 0 Å². The summed E-state index contributed by atoms with van der Waals surface area (Å²) < 4.78 is 2.15. The van der Waals surface area contributed by atoms with E-state index in [0.29, 0.717) is 0 Å². The smallest absolute Gasteiger partial charge is 0.164 e. The third-order valence-corrected chi connectivity index (χ3v) is 8.68. The van der Waals surface area contributed by atoms with E-state index in [9.17, 15) is 0 Å². The minimum absolute atomic E-state index is 0.811. The van der Waals surface area contributed by atoms with E-state index in [1.54, 1.807) is 0 Å². The Morgan fingerprint density at radius 1 is 0.457 bits per heavy atom. The maximum absolute atomic E-state index is 5.11. The summed E-state index contributed by atoms with van der Waals surface area (Å²) in [7, 11) is 0. The van der Waals surface area contributed by atoms with Crippen LogP contribution in [0, 0.1) is 0 Å². The highest BCUT2D eigenvalue weighted by molar-refractivity contribution is 6.04. The molecular weight excluding hydrogens is 562 g/mol. The van der Waals surface area contributed by atoms with Crippen molar-refractivity contribution in [3.63, 3.8) is 0 Å². The van der Waals surface area contributed by atoms with Crippen LogP contribution < -0.4 is 4.90 Å². The number of aromatic nitrogens is 4. The summed E-state index contributed by atoms with van der Waals surface area (Å²) in [5.41, 5.74) is 7.90. The van der Waals surface area contributed by atoms with Gasteiger partial charge in [0.2, 0.25) is 0 Å². The Hall–Kier alpha value is -6.33. The van der Waals surface area contributed by atoms with Gasteiger partial charge in [0.1, 0.15) is 11.3 Å². The predicted octanol–water partition coefficient (Wildman–Crippen LogP) is 10.4. The topological polar surface area (TPSA) is 46.8 Å². The Morgan fingerprint density at radius 3 is 1.78 bits per heavy atom. The molecule has 0 bridgehead atoms. The highest BCUT2D eigenvalue weighted by Crippen LogP contribution is 2.42. The van der Waals surface area contributed by atoms with Crippen molar-refractivity contribution >= 4 is 60.7 Å². The largest absolute Gasteiger partial charge is 0.309 e. The predicted molar refractivity (Wildman–Crippen MR) is 189 cm³/mol. The summed E-state index contributed by atoms with van der Waals surface area (Å²) in [6.07, 6.45) is 3.65. The third kappa shape index (κ3) is 4.21. The fourth-order valence-electron chi connectivity index (χ4n) is 6.59. The van der Waals surface area contributed by atoms with Gasteiger partial charge in [0.25, 0.3) is 0 Å². The number of hydrogen-bond donors (Lipinski definition) is 0. The lowest BCUT2D eigenvalue weighted by Crippen LogP contribution is -2.11. The first kappa shape index (κ1) is 26.1. The van der Waals surface area contributed by atoms with E-state index < -0.39 is 0 Å². The molecule has 0 atom stereocenters. The summed E-state index contributed by atoms with van der Waals surface area (Å²) in [4.78, 5) is 16.8. The Bertz CT molecular complexity index is 2450. The van der Waals surface area contributed by atoms with Crippen molar-refractivity contribution in [1.82, 2.24) is 19.5 Å². The molecule has 0 radical (unpaired) electrons. The van der Waals surface area contributed by atoms with Crippen LogP contribution >= 0.6 is 0 Å². The first-order chi connectivity index (χ1) is 22.8. The van der Waals surface area contributed by atoms with E-state index in [0.717, 1.165) is 56.2 Å². The third-order valence-electron chi connectivity index (χ3n) is 8.68. The average molecular weight is 590 g/mol. The molecule has 0 fully saturated rings. The molecule has 0 aliphatic rings. The Kier molecular flexibility index (Phi) is 6.06. The molecule has 3 heterocycles. The molecule has 216 valence electrons. The zero-order chi connectivity index (χ0) is 30.5. The van der Waals surface area contributed by atoms with Crippen LogP contribution in [0.15, 0.2) is 164 Å². The molecule has 46 heavy (non-hydrogen) atoms. The maximum Gasteiger partial charge on any atom is 0.164 e. The second-order valence-electron chi connectivity index (χ2n) is 11.3. The second-order valence-corrected chi connectivity index (χ2v) is 11.3. The number of imidazole rings is 1. The minimum atomic E-state index is 0.811. The summed E-state index contributed by atoms with van der Waals surface area (Å²) in [5, 5.41) is 5.84. The highest BCUT2D eigenvalue weighted by Gasteiger charge is 2.20. The molecule has 5 heteroatoms. The molecular formula is C41H27N5. The lowest BCUT2D eigenvalue weighted by molar-refractivity contribution is 1.09. The summed E-state index contributed by atoms with van der Waals surface area (Å²) in [6, 6.07) is 53.1. The number of nitrogens with zero attached hydrogens (tertiary/aromatic N) is 5. The quantitative estimate of drug-likeness (QED) is 0.200. The van der Waals surface area contributed by atoms with E-state index in [1.807, 2.05) is 42.7 Å². The standard InChI is InChI=1S/C41H27N5/c1-3-14-32-28(10-1)12-5-19-37(32)45(38-20-6-13-29-11-2-4-15-33(29)38)31-24-22-30(23-25-31)40-44-36-18-9-27-43-41(36)46(40)39-21-7-17-35-34(39)16-8-26-42-35/h1-27H. The molecule has 3 aromatic heterocycles. The lowest BCUT2D eigenvalue weighted by Gasteiger charge is -2.28. The van der Waals surface area contributed by atoms with Crippen LogP contribution in [0.1, 0.15) is 0 Å². The Morgan fingerprint density at radius 2 is 1.04 bits per heavy atom. The van der Waals surface area contributed by atoms with Gasteiger partial charge in [-0.15, -0.1) is 0 Å². The highest BCUT2D eigenvalue weighted by atomic mass is 15.2. The van der Waals surface area contributed by atoms with Crippen molar-refractivity contribution in [2.75, 3.05) is 4.90 Å². The zero-order valence-electron chi connectivity index (χ0n) is 24.8. The number of benzene rings is 6. The number of rotatable bonds is 5. The molecule has 0 unspecified atom stereocenters. The fraction of sp³-hybridized carbons (Fsp3) is 0. The van der Waals surface area contributed by atoms with Gasteiger partial charge in [-0.1, -0.05) is 78.9 Å². The van der Waals surface area contributed by atoms with Crippen molar-refractivity contribution in [3.8, 4) is 17.1 Å². The maximum atomic E-state index is 5.11. The van der Waals surface area contributed by atoms with Crippen molar-refractivity contribution < 1.29 is 0 Å². The van der Waals surface area contributed by atoms with Gasteiger partial charge in [0, 0.05) is 39.8 Å². The molecule has 0 aliphatic carbocycles. The SMILES string of the molecule is c1ccc2c(N(c3ccc(-c4nc5cccnc5n4-c4cccc5ncccc45)cc3)c3cccc4ccccc34)cccc2c1. The lowest BCUT2D eigenvalue weighted by atomic mass is 10.0. The van der Waals surface area contributed by atoms with Crippen LogP contribution in [-0.2, 0) is 0 Å². The van der Waals surface area contributed by atoms with Crippen molar-refractivity contribution in [1.29, 1.82) is 0 Å². The summed E-state index contributed by atoms with van der Waals surface area (Å²) >= 11 is 0. The molecule has 0 saturated carbocycles. The first-order valence-corrected chi connectivity index (χ1v) is 15.4.